The van der Waals surface area contributed by atoms with Gasteiger partial charge < -0.3 is 10.1 Å². The van der Waals surface area contributed by atoms with Gasteiger partial charge in [0, 0.05) is 25.2 Å². The van der Waals surface area contributed by atoms with E-state index in [1.165, 1.54) is 4.31 Å². The molecule has 1 aromatic heterocycles. The van der Waals surface area contributed by atoms with E-state index in [1.54, 1.807) is 30.7 Å². The van der Waals surface area contributed by atoms with Gasteiger partial charge in [0.15, 0.2) is 0 Å². The van der Waals surface area contributed by atoms with E-state index in [-0.39, 0.29) is 10.8 Å². The largest absolute Gasteiger partial charge is 0.379 e. The average molecular weight is 483 g/mol. The SMILES string of the molecule is Cc1ccccc1CNC(=O)c1ccc(Cn2nc(C)c(S(=O)(=O)N3CCOCC3)c2C)cc1. The van der Waals surface area contributed by atoms with Crippen LogP contribution in [0.3, 0.4) is 0 Å². The molecule has 3 aromatic rings. The van der Waals surface area contributed by atoms with Crippen molar-refractivity contribution in [3.63, 3.8) is 0 Å². The number of nitrogens with zero attached hydrogens (tertiary/aromatic N) is 3. The molecule has 0 bridgehead atoms. The quantitative estimate of drug-likeness (QED) is 0.559. The first kappa shape index (κ1) is 24.1. The number of aromatic nitrogens is 2. The second-order valence-corrected chi connectivity index (χ2v) is 10.4. The lowest BCUT2D eigenvalue weighted by molar-refractivity contribution is 0.0730. The summed E-state index contributed by atoms with van der Waals surface area (Å²) in [6, 6.07) is 15.3. The summed E-state index contributed by atoms with van der Waals surface area (Å²) in [6.07, 6.45) is 0. The van der Waals surface area contributed by atoms with Gasteiger partial charge in [-0.1, -0.05) is 36.4 Å². The molecular weight excluding hydrogens is 452 g/mol. The number of sulfonamides is 1. The second kappa shape index (κ2) is 10.1. The van der Waals surface area contributed by atoms with Crippen LogP contribution in [0.2, 0.25) is 0 Å². The summed E-state index contributed by atoms with van der Waals surface area (Å²) < 4.78 is 34.8. The number of hydrogen-bond acceptors (Lipinski definition) is 5. The third-order valence-electron chi connectivity index (χ3n) is 6.13. The first-order valence-electron chi connectivity index (χ1n) is 11.3. The van der Waals surface area contributed by atoms with E-state index >= 15 is 0 Å². The smallest absolute Gasteiger partial charge is 0.251 e. The number of morpholine rings is 1. The Bertz CT molecular complexity index is 1280. The van der Waals surface area contributed by atoms with Crippen molar-refractivity contribution in [2.45, 2.75) is 38.8 Å². The predicted octanol–water partition coefficient (Wildman–Crippen LogP) is 2.81. The van der Waals surface area contributed by atoms with Crippen molar-refractivity contribution in [1.29, 1.82) is 0 Å². The predicted molar refractivity (Wildman–Crippen MR) is 129 cm³/mol. The number of carbonyl (C=O) groups is 1. The molecule has 1 fully saturated rings. The number of amides is 1. The van der Waals surface area contributed by atoms with Crippen molar-refractivity contribution in [3.8, 4) is 0 Å². The van der Waals surface area contributed by atoms with E-state index in [2.05, 4.69) is 10.4 Å². The molecule has 1 aliphatic rings. The third-order valence-corrected chi connectivity index (χ3v) is 8.28. The summed E-state index contributed by atoms with van der Waals surface area (Å²) in [6.45, 7) is 7.90. The van der Waals surface area contributed by atoms with Gasteiger partial charge in [-0.25, -0.2) is 8.42 Å². The van der Waals surface area contributed by atoms with Crippen LogP contribution in [-0.2, 0) is 27.8 Å². The van der Waals surface area contributed by atoms with E-state index < -0.39 is 10.0 Å². The van der Waals surface area contributed by atoms with Crippen molar-refractivity contribution in [3.05, 3.63) is 82.2 Å². The van der Waals surface area contributed by atoms with Crippen LogP contribution < -0.4 is 5.32 Å². The fraction of sp³-hybridized carbons (Fsp3) is 0.360. The van der Waals surface area contributed by atoms with Crippen LogP contribution in [0.25, 0.3) is 0 Å². The number of aryl methyl sites for hydroxylation is 2. The molecule has 2 aromatic carbocycles. The Hall–Kier alpha value is -3.01. The normalized spacial score (nSPS) is 14.8. The van der Waals surface area contributed by atoms with E-state index in [1.807, 2.05) is 43.3 Å². The minimum atomic E-state index is -3.63. The highest BCUT2D eigenvalue weighted by molar-refractivity contribution is 7.89. The topological polar surface area (TPSA) is 93.5 Å². The molecule has 9 heteroatoms. The fourth-order valence-electron chi connectivity index (χ4n) is 4.14. The molecule has 0 unspecified atom stereocenters. The lowest BCUT2D eigenvalue weighted by Gasteiger charge is -2.26. The lowest BCUT2D eigenvalue weighted by atomic mass is 10.1. The van der Waals surface area contributed by atoms with Crippen LogP contribution in [0, 0.1) is 20.8 Å². The maximum Gasteiger partial charge on any atom is 0.251 e. The van der Waals surface area contributed by atoms with Crippen LogP contribution in [-0.4, -0.2) is 54.7 Å². The molecule has 34 heavy (non-hydrogen) atoms. The van der Waals surface area contributed by atoms with Gasteiger partial charge in [-0.2, -0.15) is 9.40 Å². The van der Waals surface area contributed by atoms with Gasteiger partial charge >= 0.3 is 0 Å². The molecule has 4 rings (SSSR count). The monoisotopic (exact) mass is 482 g/mol. The molecule has 0 atom stereocenters. The Balaban J connectivity index is 1.45. The van der Waals surface area contributed by atoms with Crippen LogP contribution in [0.4, 0.5) is 0 Å². The Morgan fingerprint density at radius 1 is 1.03 bits per heavy atom. The first-order chi connectivity index (χ1) is 16.3. The van der Waals surface area contributed by atoms with Crippen molar-refractivity contribution < 1.29 is 17.9 Å². The highest BCUT2D eigenvalue weighted by atomic mass is 32.2. The first-order valence-corrected chi connectivity index (χ1v) is 12.7. The maximum absolute atomic E-state index is 13.2. The molecule has 1 N–H and O–H groups in total. The number of carbonyl (C=O) groups excluding carboxylic acids is 1. The molecular formula is C25H30N4O4S. The van der Waals surface area contributed by atoms with Gasteiger partial charge in [0.2, 0.25) is 10.0 Å². The zero-order valence-corrected chi connectivity index (χ0v) is 20.6. The molecule has 8 nitrogen and oxygen atoms in total. The number of rotatable bonds is 7. The van der Waals surface area contributed by atoms with Crippen molar-refractivity contribution in [2.75, 3.05) is 26.3 Å². The van der Waals surface area contributed by atoms with Crippen LogP contribution in [0.15, 0.2) is 53.4 Å². The number of hydrogen-bond donors (Lipinski definition) is 1. The van der Waals surface area contributed by atoms with Gasteiger partial charge in [0.1, 0.15) is 4.90 Å². The van der Waals surface area contributed by atoms with Gasteiger partial charge in [0.05, 0.1) is 31.1 Å². The number of nitrogens with one attached hydrogen (secondary N) is 1. The highest BCUT2D eigenvalue weighted by Crippen LogP contribution is 2.25. The van der Waals surface area contributed by atoms with Gasteiger partial charge in [-0.15, -0.1) is 0 Å². The third kappa shape index (κ3) is 5.06. The standard InChI is InChI=1S/C25H30N4O4S/c1-18-6-4-5-7-23(18)16-26-25(30)22-10-8-21(9-11-22)17-29-20(3)24(19(2)27-29)34(31,32)28-12-14-33-15-13-28/h4-11H,12-17H2,1-3H3,(H,26,30). The van der Waals surface area contributed by atoms with E-state index in [0.717, 1.165) is 16.7 Å². The van der Waals surface area contributed by atoms with E-state index in [9.17, 15) is 13.2 Å². The molecule has 1 amide bonds. The summed E-state index contributed by atoms with van der Waals surface area (Å²) in [7, 11) is -3.63. The van der Waals surface area contributed by atoms with Crippen LogP contribution in [0.5, 0.6) is 0 Å². The van der Waals surface area contributed by atoms with Crippen molar-refractivity contribution in [1.82, 2.24) is 19.4 Å². The Morgan fingerprint density at radius 2 is 1.71 bits per heavy atom. The van der Waals surface area contributed by atoms with E-state index in [0.29, 0.717) is 56.3 Å². The highest BCUT2D eigenvalue weighted by Gasteiger charge is 2.32. The van der Waals surface area contributed by atoms with Gasteiger partial charge in [-0.05, 0) is 49.6 Å². The zero-order valence-electron chi connectivity index (χ0n) is 19.7. The minimum absolute atomic E-state index is 0.139. The Kier molecular flexibility index (Phi) is 7.16. The number of benzene rings is 2. The lowest BCUT2D eigenvalue weighted by Crippen LogP contribution is -2.41. The summed E-state index contributed by atoms with van der Waals surface area (Å²) >= 11 is 0. The summed E-state index contributed by atoms with van der Waals surface area (Å²) in [4.78, 5) is 12.8. The average Bonchev–Trinajstić information content (AvgIpc) is 3.12. The summed E-state index contributed by atoms with van der Waals surface area (Å²) in [5, 5.41) is 7.45. The second-order valence-electron chi connectivity index (χ2n) is 8.48. The fourth-order valence-corrected chi connectivity index (χ4v) is 5.93. The Morgan fingerprint density at radius 3 is 2.38 bits per heavy atom. The van der Waals surface area contributed by atoms with Gasteiger partial charge in [-0.3, -0.25) is 9.48 Å². The minimum Gasteiger partial charge on any atom is -0.379 e. The molecule has 1 aliphatic heterocycles. The molecule has 1 saturated heterocycles. The molecule has 0 radical (unpaired) electrons. The van der Waals surface area contributed by atoms with Gasteiger partial charge in [0.25, 0.3) is 5.91 Å². The van der Waals surface area contributed by atoms with E-state index in [4.69, 9.17) is 4.74 Å². The summed E-state index contributed by atoms with van der Waals surface area (Å²) in [5.41, 5.74) is 4.80. The molecule has 0 spiro atoms. The zero-order chi connectivity index (χ0) is 24.3. The molecule has 0 aliphatic carbocycles. The maximum atomic E-state index is 13.2. The Labute approximate surface area is 200 Å². The molecule has 2 heterocycles. The summed E-state index contributed by atoms with van der Waals surface area (Å²) in [5.74, 6) is -0.139. The molecule has 180 valence electrons. The van der Waals surface area contributed by atoms with Crippen LogP contribution in [0.1, 0.15) is 38.4 Å². The van der Waals surface area contributed by atoms with Crippen molar-refractivity contribution in [2.24, 2.45) is 0 Å². The van der Waals surface area contributed by atoms with Crippen molar-refractivity contribution >= 4 is 15.9 Å². The number of ether oxygens (including phenoxy) is 1. The molecule has 0 saturated carbocycles. The van der Waals surface area contributed by atoms with Crippen LogP contribution >= 0.6 is 0 Å².